The number of carbonyl (C=O) groups excluding carboxylic acids is 2. The molecule has 6 heteroatoms. The largest absolute Gasteiger partial charge is 0.364 e. The second-order valence-corrected chi connectivity index (χ2v) is 4.11. The number of amides is 2. The van der Waals surface area contributed by atoms with Crippen molar-refractivity contribution in [3.05, 3.63) is 17.5 Å². The molecule has 1 radical (unpaired) electrons. The highest BCUT2D eigenvalue weighted by molar-refractivity contribution is 5.96. The Labute approximate surface area is 100 Å². The van der Waals surface area contributed by atoms with Gasteiger partial charge in [-0.05, 0) is 12.8 Å². The van der Waals surface area contributed by atoms with Crippen LogP contribution in [-0.2, 0) is 6.54 Å². The molecule has 0 aliphatic rings. The molecular formula is C11H17N4O2. The first-order valence-electron chi connectivity index (χ1n) is 5.53. The lowest BCUT2D eigenvalue weighted by Gasteiger charge is -2.07. The Balaban J connectivity index is 2.88. The predicted octanol–water partition coefficient (Wildman–Crippen LogP) is 0.188. The van der Waals surface area contributed by atoms with E-state index in [1.54, 1.807) is 0 Å². The minimum atomic E-state index is -0.685. The van der Waals surface area contributed by atoms with Gasteiger partial charge in [-0.25, -0.2) is 0 Å². The highest BCUT2D eigenvalue weighted by atomic mass is 16.2. The molecule has 2 amide bonds. The molecule has 1 aromatic heterocycles. The zero-order valence-electron chi connectivity index (χ0n) is 10.3. The van der Waals surface area contributed by atoms with Crippen molar-refractivity contribution < 1.29 is 9.59 Å². The van der Waals surface area contributed by atoms with Crippen LogP contribution in [0.3, 0.4) is 0 Å². The smallest absolute Gasteiger partial charge is 0.270 e. The van der Waals surface area contributed by atoms with E-state index in [4.69, 9.17) is 5.73 Å². The van der Waals surface area contributed by atoms with Crippen LogP contribution in [0.25, 0.3) is 0 Å². The van der Waals surface area contributed by atoms with Crippen LogP contribution in [0.1, 0.15) is 41.7 Å². The molecule has 0 fully saturated rings. The number of rotatable bonds is 5. The van der Waals surface area contributed by atoms with E-state index in [1.807, 2.05) is 20.8 Å². The van der Waals surface area contributed by atoms with Crippen LogP contribution in [0.2, 0.25) is 0 Å². The van der Waals surface area contributed by atoms with Crippen molar-refractivity contribution in [2.75, 3.05) is 6.54 Å². The summed E-state index contributed by atoms with van der Waals surface area (Å²) >= 11 is 0. The van der Waals surface area contributed by atoms with Gasteiger partial charge >= 0.3 is 0 Å². The Morgan fingerprint density at radius 2 is 2.18 bits per heavy atom. The van der Waals surface area contributed by atoms with E-state index >= 15 is 0 Å². The van der Waals surface area contributed by atoms with Gasteiger partial charge in [0, 0.05) is 13.1 Å². The van der Waals surface area contributed by atoms with Crippen molar-refractivity contribution >= 4 is 11.8 Å². The van der Waals surface area contributed by atoms with Crippen molar-refractivity contribution in [3.63, 3.8) is 0 Å². The molecule has 0 saturated carbocycles. The normalized spacial score (nSPS) is 10.6. The first-order chi connectivity index (χ1) is 7.95. The average molecular weight is 237 g/mol. The van der Waals surface area contributed by atoms with E-state index in [0.29, 0.717) is 19.0 Å². The van der Waals surface area contributed by atoms with E-state index in [0.717, 1.165) is 0 Å². The van der Waals surface area contributed by atoms with Gasteiger partial charge in [-0.3, -0.25) is 14.3 Å². The number of primary amides is 1. The molecule has 0 atom stereocenters. The van der Waals surface area contributed by atoms with Crippen molar-refractivity contribution in [1.82, 2.24) is 15.1 Å². The number of nitrogens with two attached hydrogens (primary N) is 1. The van der Waals surface area contributed by atoms with Crippen molar-refractivity contribution in [3.8, 4) is 0 Å². The Kier molecular flexibility index (Phi) is 4.25. The summed E-state index contributed by atoms with van der Waals surface area (Å²) in [5.41, 5.74) is 5.32. The second kappa shape index (κ2) is 5.47. The lowest BCUT2D eigenvalue weighted by atomic mass is 10.2. The molecule has 93 valence electrons. The molecule has 1 aromatic rings. The molecule has 1 rings (SSSR count). The van der Waals surface area contributed by atoms with Crippen LogP contribution in [0.4, 0.5) is 0 Å². The van der Waals surface area contributed by atoms with Gasteiger partial charge in [0.25, 0.3) is 11.8 Å². The molecule has 6 nitrogen and oxygen atoms in total. The summed E-state index contributed by atoms with van der Waals surface area (Å²) in [7, 11) is 0. The van der Waals surface area contributed by atoms with E-state index in [9.17, 15) is 9.59 Å². The summed E-state index contributed by atoms with van der Waals surface area (Å²) in [4.78, 5) is 22.8. The Hall–Kier alpha value is -1.85. The van der Waals surface area contributed by atoms with E-state index < -0.39 is 5.91 Å². The summed E-state index contributed by atoms with van der Waals surface area (Å²) in [6.07, 6.45) is 0. The van der Waals surface area contributed by atoms with Gasteiger partial charge in [0.2, 0.25) is 0 Å². The highest BCUT2D eigenvalue weighted by Crippen LogP contribution is 2.03. The number of nitrogens with zero attached hydrogens (tertiary/aromatic N) is 2. The molecule has 0 spiro atoms. The zero-order chi connectivity index (χ0) is 13.0. The number of hydrogen-bond acceptors (Lipinski definition) is 3. The number of aryl methyl sites for hydroxylation is 1. The number of aromatic nitrogens is 2. The van der Waals surface area contributed by atoms with Gasteiger partial charge in [-0.2, -0.15) is 5.10 Å². The topological polar surface area (TPSA) is 90.0 Å². The number of hydrogen-bond donors (Lipinski definition) is 2. The molecule has 0 aromatic carbocycles. The third-order valence-corrected chi connectivity index (χ3v) is 2.13. The molecule has 0 aliphatic heterocycles. The van der Waals surface area contributed by atoms with Gasteiger partial charge in [-0.15, -0.1) is 0 Å². The zero-order valence-corrected chi connectivity index (χ0v) is 10.3. The molecule has 17 heavy (non-hydrogen) atoms. The van der Waals surface area contributed by atoms with Crippen LogP contribution < -0.4 is 11.1 Å². The van der Waals surface area contributed by atoms with Gasteiger partial charge in [0.1, 0.15) is 5.69 Å². The first-order valence-corrected chi connectivity index (χ1v) is 5.53. The van der Waals surface area contributed by atoms with Crippen LogP contribution in [-0.4, -0.2) is 28.1 Å². The first kappa shape index (κ1) is 13.2. The summed E-state index contributed by atoms with van der Waals surface area (Å²) in [6, 6.07) is 2.62. The molecule has 0 aliphatic carbocycles. The van der Waals surface area contributed by atoms with Gasteiger partial charge < -0.3 is 11.1 Å². The van der Waals surface area contributed by atoms with E-state index in [2.05, 4.69) is 16.5 Å². The Bertz CT molecular complexity index is 423. The Morgan fingerprint density at radius 3 is 2.65 bits per heavy atom. The monoisotopic (exact) mass is 237 g/mol. The fourth-order valence-electron chi connectivity index (χ4n) is 1.27. The SMILES string of the molecule is CCn1nc(C(N)=O)[c]c1C(=O)NCC(C)C. The lowest BCUT2D eigenvalue weighted by molar-refractivity contribution is 0.0937. The minimum Gasteiger partial charge on any atom is -0.364 e. The summed E-state index contributed by atoms with van der Waals surface area (Å²) in [6.45, 7) is 6.86. The predicted molar refractivity (Wildman–Crippen MR) is 62.4 cm³/mol. The maximum Gasteiger partial charge on any atom is 0.270 e. The van der Waals surface area contributed by atoms with Crippen LogP contribution in [0, 0.1) is 12.0 Å². The molecule has 0 bridgehead atoms. The minimum absolute atomic E-state index is 0.0125. The molecule has 0 unspecified atom stereocenters. The highest BCUT2D eigenvalue weighted by Gasteiger charge is 2.17. The summed E-state index contributed by atoms with van der Waals surface area (Å²) in [5.74, 6) is -0.622. The maximum atomic E-state index is 11.8. The van der Waals surface area contributed by atoms with Crippen molar-refractivity contribution in [2.45, 2.75) is 27.3 Å². The van der Waals surface area contributed by atoms with Crippen molar-refractivity contribution in [1.29, 1.82) is 0 Å². The Morgan fingerprint density at radius 1 is 1.53 bits per heavy atom. The van der Waals surface area contributed by atoms with Crippen LogP contribution in [0.15, 0.2) is 0 Å². The maximum absolute atomic E-state index is 11.8. The van der Waals surface area contributed by atoms with Gasteiger partial charge in [-0.1, -0.05) is 13.8 Å². The second-order valence-electron chi connectivity index (χ2n) is 4.11. The quantitative estimate of drug-likeness (QED) is 0.765. The molecular weight excluding hydrogens is 220 g/mol. The number of carbonyl (C=O) groups is 2. The standard InChI is InChI=1S/C11H17N4O2/c1-4-15-9(5-8(14-15)10(12)16)11(17)13-6-7(2)3/h7H,4,6H2,1-3H3,(H2,12,16)(H,13,17). The molecule has 0 saturated heterocycles. The van der Waals surface area contributed by atoms with E-state index in [-0.39, 0.29) is 17.3 Å². The average Bonchev–Trinajstić information content (AvgIpc) is 2.69. The molecule has 1 heterocycles. The van der Waals surface area contributed by atoms with E-state index in [1.165, 1.54) is 4.68 Å². The number of nitrogens with one attached hydrogen (secondary N) is 1. The third-order valence-electron chi connectivity index (χ3n) is 2.13. The lowest BCUT2D eigenvalue weighted by Crippen LogP contribution is -2.29. The summed E-state index contributed by atoms with van der Waals surface area (Å²) < 4.78 is 1.41. The molecule has 3 N–H and O–H groups in total. The van der Waals surface area contributed by atoms with Gasteiger partial charge in [0.05, 0.1) is 6.07 Å². The fraction of sp³-hybridized carbons (Fsp3) is 0.545. The summed E-state index contributed by atoms with van der Waals surface area (Å²) in [5, 5.41) is 6.64. The van der Waals surface area contributed by atoms with Gasteiger partial charge in [0.15, 0.2) is 5.69 Å². The van der Waals surface area contributed by atoms with Crippen molar-refractivity contribution in [2.24, 2.45) is 11.7 Å². The van der Waals surface area contributed by atoms with Crippen LogP contribution >= 0.6 is 0 Å². The third kappa shape index (κ3) is 3.30. The fourth-order valence-corrected chi connectivity index (χ4v) is 1.27. The van der Waals surface area contributed by atoms with Crippen LogP contribution in [0.5, 0.6) is 0 Å².